The van der Waals surface area contributed by atoms with Crippen LogP contribution in [0.25, 0.3) is 0 Å². The predicted molar refractivity (Wildman–Crippen MR) is 163 cm³/mol. The van der Waals surface area contributed by atoms with E-state index in [4.69, 9.17) is 4.74 Å². The fourth-order valence-electron chi connectivity index (χ4n) is 4.35. The Bertz CT molecular complexity index is 1430. The fraction of sp³-hybridized carbons (Fsp3) is 0.375. The molecule has 1 unspecified atom stereocenters. The van der Waals surface area contributed by atoms with Crippen molar-refractivity contribution in [3.05, 3.63) is 89.5 Å². The molecule has 2 amide bonds. The van der Waals surface area contributed by atoms with Gasteiger partial charge < -0.3 is 15.0 Å². The molecule has 0 spiro atoms. The van der Waals surface area contributed by atoms with E-state index in [9.17, 15) is 18.0 Å². The Morgan fingerprint density at radius 1 is 0.902 bits per heavy atom. The quantitative estimate of drug-likeness (QED) is 0.316. The molecule has 3 aromatic rings. The van der Waals surface area contributed by atoms with Crippen molar-refractivity contribution in [3.63, 3.8) is 0 Å². The zero-order chi connectivity index (χ0) is 30.3. The van der Waals surface area contributed by atoms with Crippen LogP contribution in [0.2, 0.25) is 0 Å². The molecule has 0 aliphatic carbocycles. The third kappa shape index (κ3) is 8.10. The second kappa shape index (κ2) is 13.7. The molecule has 8 nitrogen and oxygen atoms in total. The molecule has 0 saturated carbocycles. The summed E-state index contributed by atoms with van der Waals surface area (Å²) < 4.78 is 34.4. The van der Waals surface area contributed by atoms with Crippen molar-refractivity contribution in [1.29, 1.82) is 0 Å². The largest absolute Gasteiger partial charge is 0.497 e. The highest BCUT2D eigenvalue weighted by atomic mass is 32.2. The average molecular weight is 580 g/mol. The van der Waals surface area contributed by atoms with Crippen LogP contribution in [0.4, 0.5) is 5.69 Å². The molecule has 0 fully saturated rings. The van der Waals surface area contributed by atoms with E-state index < -0.39 is 28.5 Å². The van der Waals surface area contributed by atoms with Crippen molar-refractivity contribution in [1.82, 2.24) is 10.2 Å². The number of hydrogen-bond acceptors (Lipinski definition) is 5. The van der Waals surface area contributed by atoms with E-state index in [0.717, 1.165) is 21.0 Å². The highest BCUT2D eigenvalue weighted by molar-refractivity contribution is 7.92. The zero-order valence-corrected chi connectivity index (χ0v) is 25.7. The van der Waals surface area contributed by atoms with Crippen LogP contribution in [-0.2, 0) is 26.2 Å². The minimum absolute atomic E-state index is 0.0776. The topological polar surface area (TPSA) is 96.0 Å². The van der Waals surface area contributed by atoms with E-state index in [1.54, 1.807) is 56.5 Å². The van der Waals surface area contributed by atoms with Crippen LogP contribution in [0, 0.1) is 6.92 Å². The number of amides is 2. The third-order valence-electron chi connectivity index (χ3n) is 6.82. The smallest absolute Gasteiger partial charge is 0.264 e. The molecule has 3 rings (SSSR count). The summed E-state index contributed by atoms with van der Waals surface area (Å²) in [5, 5.41) is 2.86. The van der Waals surface area contributed by atoms with Gasteiger partial charge in [0.25, 0.3) is 10.0 Å². The monoisotopic (exact) mass is 579 g/mol. The highest BCUT2D eigenvalue weighted by Gasteiger charge is 2.32. The van der Waals surface area contributed by atoms with Gasteiger partial charge in [-0.3, -0.25) is 13.9 Å². The molecule has 0 bridgehead atoms. The predicted octanol–water partition coefficient (Wildman–Crippen LogP) is 5.26. The number of ether oxygens (including phenoxy) is 1. The van der Waals surface area contributed by atoms with Gasteiger partial charge in [-0.2, -0.15) is 0 Å². The van der Waals surface area contributed by atoms with Gasteiger partial charge in [0.05, 0.1) is 17.7 Å². The standard InChI is InChI=1S/C32H41N3O5S/c1-22(2)27-13-15-28(16-14-27)35(41(38,39)30-17-11-24(5)12-18-30)21-31(36)34(25(6)32(37)33-23(3)4)20-26-9-8-10-29(19-26)40-7/h8-19,22-23,25H,20-21H2,1-7H3,(H,33,37). The molecule has 1 atom stereocenters. The lowest BCUT2D eigenvalue weighted by Gasteiger charge is -2.32. The Hall–Kier alpha value is -3.85. The third-order valence-corrected chi connectivity index (χ3v) is 8.61. The lowest BCUT2D eigenvalue weighted by atomic mass is 10.0. The van der Waals surface area contributed by atoms with Crippen LogP contribution in [0.15, 0.2) is 77.7 Å². The molecular formula is C32H41N3O5S. The van der Waals surface area contributed by atoms with Crippen molar-refractivity contribution in [3.8, 4) is 5.75 Å². The summed E-state index contributed by atoms with van der Waals surface area (Å²) in [6, 6.07) is 19.9. The van der Waals surface area contributed by atoms with Gasteiger partial charge in [-0.05, 0) is 81.1 Å². The Morgan fingerprint density at radius 3 is 2.10 bits per heavy atom. The first-order chi connectivity index (χ1) is 19.3. The maximum Gasteiger partial charge on any atom is 0.264 e. The Labute approximate surface area is 244 Å². The molecule has 220 valence electrons. The summed E-state index contributed by atoms with van der Waals surface area (Å²) in [5.74, 6) is 0.0304. The van der Waals surface area contributed by atoms with Crippen molar-refractivity contribution >= 4 is 27.5 Å². The lowest BCUT2D eigenvalue weighted by Crippen LogP contribution is -2.52. The fourth-order valence-corrected chi connectivity index (χ4v) is 5.76. The maximum atomic E-state index is 14.0. The van der Waals surface area contributed by atoms with Crippen molar-refractivity contribution in [2.24, 2.45) is 0 Å². The zero-order valence-electron chi connectivity index (χ0n) is 24.9. The van der Waals surface area contributed by atoms with Crippen LogP contribution in [-0.4, -0.2) is 50.9 Å². The van der Waals surface area contributed by atoms with Crippen molar-refractivity contribution < 1.29 is 22.7 Å². The van der Waals surface area contributed by atoms with Gasteiger partial charge in [0.1, 0.15) is 18.3 Å². The summed E-state index contributed by atoms with van der Waals surface area (Å²) in [4.78, 5) is 28.6. The molecule has 0 aliphatic heterocycles. The van der Waals surface area contributed by atoms with Gasteiger partial charge in [-0.15, -0.1) is 0 Å². The number of rotatable bonds is 12. The number of hydrogen-bond donors (Lipinski definition) is 1. The summed E-state index contributed by atoms with van der Waals surface area (Å²) in [6.45, 7) is 10.9. The summed E-state index contributed by atoms with van der Waals surface area (Å²) in [7, 11) is -2.56. The Kier molecular flexibility index (Phi) is 10.6. The lowest BCUT2D eigenvalue weighted by molar-refractivity contribution is -0.139. The van der Waals surface area contributed by atoms with Gasteiger partial charge in [0.15, 0.2) is 0 Å². The molecule has 0 radical (unpaired) electrons. The molecule has 9 heteroatoms. The normalized spacial score (nSPS) is 12.2. The number of carbonyl (C=O) groups is 2. The number of sulfonamides is 1. The maximum absolute atomic E-state index is 14.0. The van der Waals surface area contributed by atoms with E-state index in [-0.39, 0.29) is 29.3 Å². The number of aryl methyl sites for hydroxylation is 1. The molecule has 3 aromatic carbocycles. The first kappa shape index (κ1) is 31.7. The Balaban J connectivity index is 2.05. The van der Waals surface area contributed by atoms with Gasteiger partial charge in [0.2, 0.25) is 11.8 Å². The molecule has 0 saturated heterocycles. The molecule has 1 N–H and O–H groups in total. The van der Waals surface area contributed by atoms with Crippen LogP contribution in [0.3, 0.4) is 0 Å². The number of anilines is 1. The van der Waals surface area contributed by atoms with E-state index in [0.29, 0.717) is 11.4 Å². The molecule has 0 aliphatic rings. The van der Waals surface area contributed by atoms with E-state index in [1.807, 2.05) is 39.0 Å². The van der Waals surface area contributed by atoms with Gasteiger partial charge in [0, 0.05) is 12.6 Å². The highest BCUT2D eigenvalue weighted by Crippen LogP contribution is 2.27. The first-order valence-electron chi connectivity index (χ1n) is 13.8. The number of carbonyl (C=O) groups excluding carboxylic acids is 2. The minimum atomic E-state index is -4.12. The van der Waals surface area contributed by atoms with Crippen LogP contribution >= 0.6 is 0 Å². The minimum Gasteiger partial charge on any atom is -0.497 e. The summed E-state index contributed by atoms with van der Waals surface area (Å²) in [6.07, 6.45) is 0. The number of nitrogens with zero attached hydrogens (tertiary/aromatic N) is 2. The number of nitrogens with one attached hydrogen (secondary N) is 1. The molecular weight excluding hydrogens is 538 g/mol. The number of benzene rings is 3. The Morgan fingerprint density at radius 2 is 1.54 bits per heavy atom. The van der Waals surface area contributed by atoms with Crippen molar-refractivity contribution in [2.75, 3.05) is 18.0 Å². The van der Waals surface area contributed by atoms with Crippen molar-refractivity contribution in [2.45, 2.75) is 71.0 Å². The molecule has 41 heavy (non-hydrogen) atoms. The molecule has 0 aromatic heterocycles. The summed E-state index contributed by atoms with van der Waals surface area (Å²) in [5.41, 5.74) is 3.08. The van der Waals surface area contributed by atoms with Gasteiger partial charge in [-0.1, -0.05) is 55.8 Å². The van der Waals surface area contributed by atoms with Gasteiger partial charge in [-0.25, -0.2) is 8.42 Å². The second-order valence-corrected chi connectivity index (χ2v) is 12.6. The van der Waals surface area contributed by atoms with E-state index in [1.165, 1.54) is 17.0 Å². The van der Waals surface area contributed by atoms with Gasteiger partial charge >= 0.3 is 0 Å². The first-order valence-corrected chi connectivity index (χ1v) is 15.2. The van der Waals surface area contributed by atoms with E-state index >= 15 is 0 Å². The van der Waals surface area contributed by atoms with Crippen LogP contribution in [0.5, 0.6) is 5.75 Å². The molecule has 0 heterocycles. The van der Waals surface area contributed by atoms with Crippen LogP contribution in [0.1, 0.15) is 57.2 Å². The summed E-state index contributed by atoms with van der Waals surface area (Å²) >= 11 is 0. The SMILES string of the molecule is COc1cccc(CN(C(=O)CN(c2ccc(C(C)C)cc2)S(=O)(=O)c2ccc(C)cc2)C(C)C(=O)NC(C)C)c1. The average Bonchev–Trinajstić information content (AvgIpc) is 2.94. The number of methoxy groups -OCH3 is 1. The van der Waals surface area contributed by atoms with Crippen LogP contribution < -0.4 is 14.4 Å². The van der Waals surface area contributed by atoms with E-state index in [2.05, 4.69) is 19.2 Å². The second-order valence-electron chi connectivity index (χ2n) is 10.8.